The fourth-order valence-corrected chi connectivity index (χ4v) is 3.17. The normalized spacial score (nSPS) is 13.6. The number of carbonyl (C=O) groups excluding carboxylic acids is 1. The Hall–Kier alpha value is -1.71. The first-order valence-corrected chi connectivity index (χ1v) is 7.98. The van der Waals surface area contributed by atoms with Crippen LogP contribution >= 0.6 is 23.2 Å². The van der Waals surface area contributed by atoms with E-state index < -0.39 is 0 Å². The minimum Gasteiger partial charge on any atom is -0.375 e. The van der Waals surface area contributed by atoms with Gasteiger partial charge in [0.1, 0.15) is 0 Å². The van der Waals surface area contributed by atoms with Crippen molar-refractivity contribution < 1.29 is 4.79 Å². The van der Waals surface area contributed by atoms with Crippen LogP contribution in [-0.2, 0) is 11.2 Å². The highest BCUT2D eigenvalue weighted by Gasteiger charge is 2.21. The van der Waals surface area contributed by atoms with Crippen molar-refractivity contribution in [1.82, 2.24) is 0 Å². The summed E-state index contributed by atoms with van der Waals surface area (Å²) in [5.41, 5.74) is 2.96. The predicted octanol–water partition coefficient (Wildman–Crippen LogP) is 4.38. The zero-order chi connectivity index (χ0) is 15.5. The highest BCUT2D eigenvalue weighted by atomic mass is 35.5. The van der Waals surface area contributed by atoms with E-state index in [1.54, 1.807) is 18.2 Å². The Labute approximate surface area is 139 Å². The molecule has 0 radical (unpaired) electrons. The van der Waals surface area contributed by atoms with E-state index >= 15 is 0 Å². The van der Waals surface area contributed by atoms with Crippen LogP contribution in [0.1, 0.15) is 12.0 Å². The molecule has 114 valence electrons. The fraction of sp³-hybridized carbons (Fsp3) is 0.235. The molecule has 0 unspecified atom stereocenters. The number of nitrogens with zero attached hydrogens (tertiary/aromatic N) is 1. The lowest BCUT2D eigenvalue weighted by Crippen LogP contribution is -2.39. The molecule has 0 saturated carbocycles. The van der Waals surface area contributed by atoms with E-state index in [0.29, 0.717) is 15.7 Å². The summed E-state index contributed by atoms with van der Waals surface area (Å²) >= 11 is 12.0. The zero-order valence-corrected chi connectivity index (χ0v) is 13.5. The third-order valence-corrected chi connectivity index (χ3v) is 4.32. The number of hydrogen-bond donors (Lipinski definition) is 1. The molecule has 1 N–H and O–H groups in total. The van der Waals surface area contributed by atoms with Crippen molar-refractivity contribution in [3.05, 3.63) is 58.1 Å². The van der Waals surface area contributed by atoms with Gasteiger partial charge in [0.05, 0.1) is 17.3 Å². The average Bonchev–Trinajstić information content (AvgIpc) is 2.53. The molecule has 1 heterocycles. The minimum atomic E-state index is 0.0400. The molecule has 0 bridgehead atoms. The number of hydrogen-bond acceptors (Lipinski definition) is 2. The Morgan fingerprint density at radius 2 is 2.00 bits per heavy atom. The number of amides is 1. The highest BCUT2D eigenvalue weighted by Crippen LogP contribution is 2.28. The second kappa shape index (κ2) is 6.59. The van der Waals surface area contributed by atoms with Crippen LogP contribution in [0.25, 0.3) is 0 Å². The average molecular weight is 335 g/mol. The first kappa shape index (κ1) is 15.2. The van der Waals surface area contributed by atoms with E-state index in [4.69, 9.17) is 23.2 Å². The summed E-state index contributed by atoms with van der Waals surface area (Å²) in [6, 6.07) is 13.2. The second-order valence-electron chi connectivity index (χ2n) is 5.26. The monoisotopic (exact) mass is 334 g/mol. The van der Waals surface area contributed by atoms with E-state index in [-0.39, 0.29) is 12.5 Å². The number of fused-ring (bicyclic) bond motifs is 1. The van der Waals surface area contributed by atoms with Gasteiger partial charge in [0, 0.05) is 17.3 Å². The summed E-state index contributed by atoms with van der Waals surface area (Å²) in [6.07, 6.45) is 2.01. The van der Waals surface area contributed by atoms with Crippen LogP contribution in [0.4, 0.5) is 11.4 Å². The number of rotatable bonds is 3. The maximum Gasteiger partial charge on any atom is 0.246 e. The molecule has 2 aromatic carbocycles. The second-order valence-corrected chi connectivity index (χ2v) is 6.10. The van der Waals surface area contributed by atoms with Gasteiger partial charge in [-0.25, -0.2) is 0 Å². The molecule has 0 aromatic heterocycles. The Morgan fingerprint density at radius 1 is 1.18 bits per heavy atom. The first-order valence-electron chi connectivity index (χ1n) is 7.22. The van der Waals surface area contributed by atoms with Crippen LogP contribution in [-0.4, -0.2) is 19.0 Å². The number of halogens is 2. The highest BCUT2D eigenvalue weighted by molar-refractivity contribution is 6.36. The largest absolute Gasteiger partial charge is 0.375 e. The van der Waals surface area contributed by atoms with Crippen molar-refractivity contribution in [2.24, 2.45) is 0 Å². The van der Waals surface area contributed by atoms with E-state index in [9.17, 15) is 4.79 Å². The maximum absolute atomic E-state index is 12.5. The lowest BCUT2D eigenvalue weighted by atomic mass is 10.0. The summed E-state index contributed by atoms with van der Waals surface area (Å²) in [5, 5.41) is 4.18. The smallest absolute Gasteiger partial charge is 0.246 e. The van der Waals surface area contributed by atoms with Gasteiger partial charge in [0.25, 0.3) is 0 Å². The Kier molecular flexibility index (Phi) is 4.55. The number of para-hydroxylation sites is 1. The summed E-state index contributed by atoms with van der Waals surface area (Å²) in [4.78, 5) is 14.3. The SMILES string of the molecule is O=C(CNc1ccc(Cl)cc1Cl)N1CCCc2ccccc21. The molecule has 0 saturated heterocycles. The van der Waals surface area contributed by atoms with Gasteiger partial charge in [0.2, 0.25) is 5.91 Å². The van der Waals surface area contributed by atoms with Crippen LogP contribution < -0.4 is 10.2 Å². The molecule has 3 nitrogen and oxygen atoms in total. The number of aryl methyl sites for hydroxylation is 1. The van der Waals surface area contributed by atoms with E-state index in [1.807, 2.05) is 23.1 Å². The number of anilines is 2. The van der Waals surface area contributed by atoms with Crippen LogP contribution in [0.15, 0.2) is 42.5 Å². The van der Waals surface area contributed by atoms with Crippen LogP contribution in [0.5, 0.6) is 0 Å². The van der Waals surface area contributed by atoms with Crippen molar-refractivity contribution in [2.75, 3.05) is 23.3 Å². The molecule has 1 aliphatic rings. The molecule has 0 atom stereocenters. The van der Waals surface area contributed by atoms with Crippen LogP contribution in [0.3, 0.4) is 0 Å². The van der Waals surface area contributed by atoms with E-state index in [0.717, 1.165) is 25.1 Å². The van der Waals surface area contributed by atoms with Crippen LogP contribution in [0.2, 0.25) is 10.0 Å². The Morgan fingerprint density at radius 3 is 2.82 bits per heavy atom. The minimum absolute atomic E-state index is 0.0400. The van der Waals surface area contributed by atoms with Crippen molar-refractivity contribution >= 4 is 40.5 Å². The van der Waals surface area contributed by atoms with E-state index in [1.165, 1.54) is 5.56 Å². The molecule has 2 aromatic rings. The zero-order valence-electron chi connectivity index (χ0n) is 12.0. The third-order valence-electron chi connectivity index (χ3n) is 3.77. The summed E-state index contributed by atoms with van der Waals surface area (Å²) in [5.74, 6) is 0.0400. The lowest BCUT2D eigenvalue weighted by molar-refractivity contribution is -0.117. The maximum atomic E-state index is 12.5. The third kappa shape index (κ3) is 3.21. The first-order chi connectivity index (χ1) is 10.6. The summed E-state index contributed by atoms with van der Waals surface area (Å²) in [6.45, 7) is 0.960. The van der Waals surface area contributed by atoms with Crippen LogP contribution in [0, 0.1) is 0 Å². The Balaban J connectivity index is 1.70. The molecule has 22 heavy (non-hydrogen) atoms. The van der Waals surface area contributed by atoms with Gasteiger partial charge in [-0.05, 0) is 42.7 Å². The standard InChI is InChI=1S/C17H16Cl2N2O/c18-13-7-8-15(14(19)10-13)20-11-17(22)21-9-3-5-12-4-1-2-6-16(12)21/h1-2,4,6-8,10,20H,3,5,9,11H2. The molecular formula is C17H16Cl2N2O. The number of benzene rings is 2. The molecule has 0 spiro atoms. The molecule has 1 aliphatic heterocycles. The summed E-state index contributed by atoms with van der Waals surface area (Å²) in [7, 11) is 0. The molecule has 0 aliphatic carbocycles. The van der Waals surface area contributed by atoms with Crippen molar-refractivity contribution in [2.45, 2.75) is 12.8 Å². The molecule has 3 rings (SSSR count). The van der Waals surface area contributed by atoms with Crippen molar-refractivity contribution in [1.29, 1.82) is 0 Å². The van der Waals surface area contributed by atoms with Gasteiger partial charge < -0.3 is 10.2 Å². The topological polar surface area (TPSA) is 32.3 Å². The Bertz CT molecular complexity index is 703. The molecular weight excluding hydrogens is 319 g/mol. The van der Waals surface area contributed by atoms with Gasteiger partial charge >= 0.3 is 0 Å². The van der Waals surface area contributed by atoms with Crippen molar-refractivity contribution in [3.63, 3.8) is 0 Å². The van der Waals surface area contributed by atoms with Gasteiger partial charge in [-0.3, -0.25) is 4.79 Å². The van der Waals surface area contributed by atoms with Crippen molar-refractivity contribution in [3.8, 4) is 0 Å². The van der Waals surface area contributed by atoms with Gasteiger partial charge in [-0.1, -0.05) is 41.4 Å². The predicted molar refractivity (Wildman–Crippen MR) is 92.1 cm³/mol. The molecule has 0 fully saturated rings. The van der Waals surface area contributed by atoms with Gasteiger partial charge in [0.15, 0.2) is 0 Å². The molecule has 5 heteroatoms. The quantitative estimate of drug-likeness (QED) is 0.902. The van der Waals surface area contributed by atoms with Gasteiger partial charge in [-0.15, -0.1) is 0 Å². The summed E-state index contributed by atoms with van der Waals surface area (Å²) < 4.78 is 0. The fourth-order valence-electron chi connectivity index (χ4n) is 2.69. The van der Waals surface area contributed by atoms with Gasteiger partial charge in [-0.2, -0.15) is 0 Å². The molecule has 1 amide bonds. The number of carbonyl (C=O) groups is 1. The lowest BCUT2D eigenvalue weighted by Gasteiger charge is -2.29. The number of nitrogens with one attached hydrogen (secondary N) is 1. The van der Waals surface area contributed by atoms with E-state index in [2.05, 4.69) is 11.4 Å².